The first kappa shape index (κ1) is 11.8. The molecule has 4 nitrogen and oxygen atoms in total. The van der Waals surface area contributed by atoms with Gasteiger partial charge in [0, 0.05) is 34.6 Å². The SMILES string of the molecule is Cn1cc(-c2cc(C(=O)O)c(N)s2)c2ccccc21. The number of thiophene rings is 1. The maximum absolute atomic E-state index is 11.1. The normalized spacial score (nSPS) is 11.0. The zero-order valence-electron chi connectivity index (χ0n) is 10.3. The number of nitrogen functional groups attached to an aromatic ring is 1. The molecule has 0 fully saturated rings. The monoisotopic (exact) mass is 272 g/mol. The molecule has 0 aliphatic carbocycles. The number of fused-ring (bicyclic) bond motifs is 1. The van der Waals surface area contributed by atoms with Gasteiger partial charge in [-0.25, -0.2) is 4.79 Å². The Morgan fingerprint density at radius 3 is 2.79 bits per heavy atom. The summed E-state index contributed by atoms with van der Waals surface area (Å²) in [7, 11) is 1.97. The van der Waals surface area contributed by atoms with Crippen LogP contribution < -0.4 is 5.73 Å². The van der Waals surface area contributed by atoms with Crippen molar-refractivity contribution in [3.8, 4) is 10.4 Å². The van der Waals surface area contributed by atoms with E-state index in [0.29, 0.717) is 5.00 Å². The molecule has 0 radical (unpaired) electrons. The van der Waals surface area contributed by atoms with Crippen LogP contribution in [-0.4, -0.2) is 15.6 Å². The Labute approximate surface area is 113 Å². The molecule has 2 heterocycles. The number of carbonyl (C=O) groups is 1. The van der Waals surface area contributed by atoms with E-state index in [1.54, 1.807) is 6.07 Å². The summed E-state index contributed by atoms with van der Waals surface area (Å²) in [5.41, 5.74) is 8.06. The fourth-order valence-corrected chi connectivity index (χ4v) is 3.19. The molecule has 0 saturated carbocycles. The van der Waals surface area contributed by atoms with Gasteiger partial charge in [0.1, 0.15) is 5.00 Å². The van der Waals surface area contributed by atoms with Gasteiger partial charge < -0.3 is 15.4 Å². The lowest BCUT2D eigenvalue weighted by molar-refractivity contribution is 0.0698. The summed E-state index contributed by atoms with van der Waals surface area (Å²) in [4.78, 5) is 11.9. The van der Waals surface area contributed by atoms with Crippen molar-refractivity contribution in [1.82, 2.24) is 4.57 Å². The van der Waals surface area contributed by atoms with E-state index in [4.69, 9.17) is 10.8 Å². The van der Waals surface area contributed by atoms with Gasteiger partial charge in [0.25, 0.3) is 0 Å². The highest BCUT2D eigenvalue weighted by molar-refractivity contribution is 7.19. The summed E-state index contributed by atoms with van der Waals surface area (Å²) in [5.74, 6) is -0.986. The Morgan fingerprint density at radius 2 is 2.11 bits per heavy atom. The molecule has 0 spiro atoms. The van der Waals surface area contributed by atoms with Crippen molar-refractivity contribution in [1.29, 1.82) is 0 Å². The lowest BCUT2D eigenvalue weighted by Gasteiger charge is -1.94. The van der Waals surface area contributed by atoms with Gasteiger partial charge in [0.05, 0.1) is 5.56 Å². The van der Waals surface area contributed by atoms with Crippen LogP contribution >= 0.6 is 11.3 Å². The predicted molar refractivity (Wildman–Crippen MR) is 77.6 cm³/mol. The largest absolute Gasteiger partial charge is 0.478 e. The number of aromatic carboxylic acids is 1. The highest BCUT2D eigenvalue weighted by Gasteiger charge is 2.16. The van der Waals surface area contributed by atoms with Crippen molar-refractivity contribution in [3.05, 3.63) is 42.1 Å². The minimum absolute atomic E-state index is 0.174. The van der Waals surface area contributed by atoms with Crippen LogP contribution in [0.25, 0.3) is 21.3 Å². The molecule has 5 heteroatoms. The van der Waals surface area contributed by atoms with E-state index in [1.807, 2.05) is 42.1 Å². The van der Waals surface area contributed by atoms with Crippen molar-refractivity contribution in [3.63, 3.8) is 0 Å². The topological polar surface area (TPSA) is 68.2 Å². The second-order valence-corrected chi connectivity index (χ2v) is 5.45. The summed E-state index contributed by atoms with van der Waals surface area (Å²) in [6, 6.07) is 9.66. The molecule has 3 N–H and O–H groups in total. The van der Waals surface area contributed by atoms with Crippen LogP contribution in [0.15, 0.2) is 36.5 Å². The lowest BCUT2D eigenvalue weighted by atomic mass is 10.1. The maximum Gasteiger partial charge on any atom is 0.338 e. The predicted octanol–water partition coefficient (Wildman–Crippen LogP) is 3.19. The number of carboxylic acid groups (broad SMARTS) is 1. The fourth-order valence-electron chi connectivity index (χ4n) is 2.24. The molecule has 1 aromatic carbocycles. The highest BCUT2D eigenvalue weighted by atomic mass is 32.1. The van der Waals surface area contributed by atoms with E-state index in [9.17, 15) is 4.79 Å². The number of carboxylic acids is 1. The Balaban J connectivity index is 2.25. The van der Waals surface area contributed by atoms with E-state index >= 15 is 0 Å². The smallest absolute Gasteiger partial charge is 0.338 e. The van der Waals surface area contributed by atoms with Gasteiger partial charge in [-0.1, -0.05) is 18.2 Å². The van der Waals surface area contributed by atoms with Crippen LogP contribution in [0.5, 0.6) is 0 Å². The van der Waals surface area contributed by atoms with Crippen molar-refractivity contribution < 1.29 is 9.90 Å². The molecule has 0 unspecified atom stereocenters. The zero-order valence-corrected chi connectivity index (χ0v) is 11.1. The molecule has 0 saturated heterocycles. The van der Waals surface area contributed by atoms with E-state index in [-0.39, 0.29) is 5.56 Å². The van der Waals surface area contributed by atoms with Crippen molar-refractivity contribution in [2.75, 3.05) is 5.73 Å². The molecule has 96 valence electrons. The van der Waals surface area contributed by atoms with Crippen molar-refractivity contribution in [2.24, 2.45) is 7.05 Å². The number of nitrogens with two attached hydrogens (primary N) is 1. The zero-order chi connectivity index (χ0) is 13.6. The number of aromatic nitrogens is 1. The third kappa shape index (κ3) is 1.79. The molecule has 3 aromatic rings. The van der Waals surface area contributed by atoms with Gasteiger partial charge >= 0.3 is 5.97 Å². The van der Waals surface area contributed by atoms with Crippen LogP contribution in [0.4, 0.5) is 5.00 Å². The van der Waals surface area contributed by atoms with Crippen LogP contribution in [0.3, 0.4) is 0 Å². The third-order valence-corrected chi connectivity index (χ3v) is 4.15. The average Bonchev–Trinajstić information content (AvgIpc) is 2.91. The number of hydrogen-bond acceptors (Lipinski definition) is 3. The molecule has 0 amide bonds. The van der Waals surface area contributed by atoms with E-state index in [2.05, 4.69) is 0 Å². The van der Waals surface area contributed by atoms with Gasteiger partial charge in [0.15, 0.2) is 0 Å². The van der Waals surface area contributed by atoms with Gasteiger partial charge in [-0.3, -0.25) is 0 Å². The average molecular weight is 272 g/mol. The van der Waals surface area contributed by atoms with Crippen LogP contribution in [0.2, 0.25) is 0 Å². The minimum atomic E-state index is -0.986. The summed E-state index contributed by atoms with van der Waals surface area (Å²) in [6.45, 7) is 0. The van der Waals surface area contributed by atoms with Crippen molar-refractivity contribution in [2.45, 2.75) is 0 Å². The molecular weight excluding hydrogens is 260 g/mol. The molecule has 3 rings (SSSR count). The Morgan fingerprint density at radius 1 is 1.37 bits per heavy atom. The molecule has 0 aliphatic rings. The molecule has 0 atom stereocenters. The first-order chi connectivity index (χ1) is 9.08. The number of rotatable bonds is 2. The highest BCUT2D eigenvalue weighted by Crippen LogP contribution is 2.37. The molecule has 19 heavy (non-hydrogen) atoms. The van der Waals surface area contributed by atoms with Gasteiger partial charge in [-0.05, 0) is 12.1 Å². The summed E-state index contributed by atoms with van der Waals surface area (Å²) in [5, 5.41) is 10.5. The maximum atomic E-state index is 11.1. The number of nitrogens with zero attached hydrogens (tertiary/aromatic N) is 1. The summed E-state index contributed by atoms with van der Waals surface area (Å²) in [6.07, 6.45) is 2.00. The molecule has 2 aromatic heterocycles. The first-order valence-electron chi connectivity index (χ1n) is 5.75. The number of anilines is 1. The van der Waals surface area contributed by atoms with Gasteiger partial charge in [-0.15, -0.1) is 11.3 Å². The van der Waals surface area contributed by atoms with E-state index in [0.717, 1.165) is 21.3 Å². The Kier molecular flexibility index (Phi) is 2.57. The second kappa shape index (κ2) is 4.13. The first-order valence-corrected chi connectivity index (χ1v) is 6.56. The quantitative estimate of drug-likeness (QED) is 0.752. The summed E-state index contributed by atoms with van der Waals surface area (Å²) < 4.78 is 2.03. The minimum Gasteiger partial charge on any atom is -0.478 e. The van der Waals surface area contributed by atoms with E-state index in [1.165, 1.54) is 11.3 Å². The summed E-state index contributed by atoms with van der Waals surface area (Å²) >= 11 is 1.31. The van der Waals surface area contributed by atoms with Crippen LogP contribution in [0.1, 0.15) is 10.4 Å². The number of hydrogen-bond donors (Lipinski definition) is 2. The molecule has 0 bridgehead atoms. The fraction of sp³-hybridized carbons (Fsp3) is 0.0714. The van der Waals surface area contributed by atoms with Crippen LogP contribution in [0, 0.1) is 0 Å². The van der Waals surface area contributed by atoms with Crippen LogP contribution in [-0.2, 0) is 7.05 Å². The van der Waals surface area contributed by atoms with Gasteiger partial charge in [-0.2, -0.15) is 0 Å². The Bertz CT molecular complexity index is 786. The van der Waals surface area contributed by atoms with Gasteiger partial charge in [0.2, 0.25) is 0 Å². The number of para-hydroxylation sites is 1. The third-order valence-electron chi connectivity index (χ3n) is 3.15. The molecular formula is C14H12N2O2S. The standard InChI is InChI=1S/C14H12N2O2S/c1-16-7-10(8-4-2-3-5-11(8)16)12-6-9(14(17)18)13(15)19-12/h2-7H,15H2,1H3,(H,17,18). The number of benzene rings is 1. The number of aryl methyl sites for hydroxylation is 1. The second-order valence-electron chi connectivity index (χ2n) is 4.36. The van der Waals surface area contributed by atoms with Crippen molar-refractivity contribution >= 4 is 33.2 Å². The van der Waals surface area contributed by atoms with E-state index < -0.39 is 5.97 Å². The molecule has 0 aliphatic heterocycles. The Hall–Kier alpha value is -2.27. The lowest BCUT2D eigenvalue weighted by Crippen LogP contribution is -1.97.